The molecule has 1 saturated heterocycles. The van der Waals surface area contributed by atoms with E-state index in [-0.39, 0.29) is 11.9 Å². The zero-order chi connectivity index (χ0) is 17.4. The number of nitrogens with zero attached hydrogens (tertiary/aromatic N) is 4. The van der Waals surface area contributed by atoms with Crippen LogP contribution in [0.3, 0.4) is 0 Å². The van der Waals surface area contributed by atoms with Crippen molar-refractivity contribution in [3.63, 3.8) is 0 Å². The molecule has 0 bridgehead atoms. The fourth-order valence-corrected chi connectivity index (χ4v) is 3.54. The fraction of sp³-hybridized carbons (Fsp3) is 0.389. The van der Waals surface area contributed by atoms with Crippen LogP contribution in [0.1, 0.15) is 41.5 Å². The van der Waals surface area contributed by atoms with Gasteiger partial charge in [-0.25, -0.2) is 4.68 Å². The van der Waals surface area contributed by atoms with Crippen LogP contribution in [-0.2, 0) is 7.05 Å². The highest BCUT2D eigenvalue weighted by Crippen LogP contribution is 2.29. The van der Waals surface area contributed by atoms with Gasteiger partial charge in [0.25, 0.3) is 5.91 Å². The first kappa shape index (κ1) is 15.8. The Kier molecular flexibility index (Phi) is 4.01. The van der Waals surface area contributed by atoms with E-state index >= 15 is 0 Å². The average Bonchev–Trinajstić information content (AvgIpc) is 3.35. The Morgan fingerprint density at radius 1 is 1.44 bits per heavy atom. The predicted molar refractivity (Wildman–Crippen MR) is 90.9 cm³/mol. The van der Waals surface area contributed by atoms with Crippen LogP contribution in [0.25, 0.3) is 11.0 Å². The molecule has 130 valence electrons. The van der Waals surface area contributed by atoms with Gasteiger partial charge in [-0.1, -0.05) is 5.21 Å². The van der Waals surface area contributed by atoms with Gasteiger partial charge in [0, 0.05) is 31.6 Å². The third-order valence-electron chi connectivity index (χ3n) is 4.86. The predicted octanol–water partition coefficient (Wildman–Crippen LogP) is 2.29. The Bertz CT molecular complexity index is 887. The van der Waals surface area contributed by atoms with Crippen LogP contribution in [0, 0.1) is 0 Å². The first-order chi connectivity index (χ1) is 12.1. The van der Waals surface area contributed by atoms with E-state index in [4.69, 9.17) is 4.42 Å². The van der Waals surface area contributed by atoms with Crippen molar-refractivity contribution in [2.75, 3.05) is 6.54 Å². The number of aliphatic hydroxyl groups is 1. The summed E-state index contributed by atoms with van der Waals surface area (Å²) in [4.78, 5) is 14.8. The van der Waals surface area contributed by atoms with E-state index in [0.717, 1.165) is 18.4 Å². The van der Waals surface area contributed by atoms with Crippen LogP contribution in [0.5, 0.6) is 0 Å². The van der Waals surface area contributed by atoms with Crippen molar-refractivity contribution < 1.29 is 14.3 Å². The van der Waals surface area contributed by atoms with E-state index in [2.05, 4.69) is 10.3 Å². The molecule has 2 aromatic heterocycles. The second kappa shape index (κ2) is 6.33. The van der Waals surface area contributed by atoms with Crippen LogP contribution in [0.2, 0.25) is 0 Å². The summed E-state index contributed by atoms with van der Waals surface area (Å²) in [5, 5.41) is 18.4. The molecule has 0 aliphatic carbocycles. The topological polar surface area (TPSA) is 84.4 Å². The van der Waals surface area contributed by atoms with Gasteiger partial charge in [-0.15, -0.1) is 5.10 Å². The number of hydrogen-bond acceptors (Lipinski definition) is 5. The highest BCUT2D eigenvalue weighted by molar-refractivity contribution is 5.97. The summed E-state index contributed by atoms with van der Waals surface area (Å²) in [5.74, 6) is 0.516. The minimum absolute atomic E-state index is 0.00477. The smallest absolute Gasteiger partial charge is 0.254 e. The monoisotopic (exact) mass is 340 g/mol. The minimum Gasteiger partial charge on any atom is -0.467 e. The molecule has 0 radical (unpaired) electrons. The van der Waals surface area contributed by atoms with E-state index in [1.165, 1.54) is 0 Å². The molecule has 2 unspecified atom stereocenters. The normalized spacial score (nSPS) is 18.8. The first-order valence-corrected chi connectivity index (χ1v) is 8.45. The quantitative estimate of drug-likeness (QED) is 0.788. The summed E-state index contributed by atoms with van der Waals surface area (Å²) in [5.41, 5.74) is 2.20. The second-order valence-corrected chi connectivity index (χ2v) is 6.48. The number of likely N-dealkylation sites (tertiary alicyclic amines) is 1. The van der Waals surface area contributed by atoms with Crippen molar-refractivity contribution in [1.82, 2.24) is 19.9 Å². The number of furan rings is 1. The summed E-state index contributed by atoms with van der Waals surface area (Å²) < 4.78 is 6.95. The molecule has 1 amide bonds. The number of amides is 1. The van der Waals surface area contributed by atoms with Crippen LogP contribution >= 0.6 is 0 Å². The molecular formula is C18H20N4O3. The SMILES string of the molecule is Cn1nnc2cc(C(=O)N3CCCC3CC(O)c3ccco3)ccc21. The zero-order valence-corrected chi connectivity index (χ0v) is 14.0. The van der Waals surface area contributed by atoms with E-state index in [0.29, 0.717) is 29.8 Å². The molecule has 7 heteroatoms. The number of aliphatic hydroxyl groups excluding tert-OH is 1. The average molecular weight is 340 g/mol. The Balaban J connectivity index is 1.53. The van der Waals surface area contributed by atoms with E-state index in [1.807, 2.05) is 24.1 Å². The summed E-state index contributed by atoms with van der Waals surface area (Å²) in [6.07, 6.45) is 3.15. The van der Waals surface area contributed by atoms with Crippen molar-refractivity contribution in [3.05, 3.63) is 47.9 Å². The Hall–Kier alpha value is -2.67. The Labute approximate surface area is 144 Å². The van der Waals surface area contributed by atoms with Crippen molar-refractivity contribution in [2.24, 2.45) is 7.05 Å². The minimum atomic E-state index is -0.698. The number of aromatic nitrogens is 3. The molecule has 1 fully saturated rings. The maximum Gasteiger partial charge on any atom is 0.254 e. The molecule has 7 nitrogen and oxygen atoms in total. The highest BCUT2D eigenvalue weighted by Gasteiger charge is 2.32. The molecule has 0 saturated carbocycles. The van der Waals surface area contributed by atoms with Crippen LogP contribution in [-0.4, -0.2) is 43.5 Å². The van der Waals surface area contributed by atoms with Gasteiger partial charge in [-0.05, 0) is 43.2 Å². The molecule has 1 aliphatic heterocycles. The lowest BCUT2D eigenvalue weighted by atomic mass is 10.0. The largest absolute Gasteiger partial charge is 0.467 e. The lowest BCUT2D eigenvalue weighted by Crippen LogP contribution is -2.36. The van der Waals surface area contributed by atoms with Crippen molar-refractivity contribution >= 4 is 16.9 Å². The van der Waals surface area contributed by atoms with Gasteiger partial charge in [-0.3, -0.25) is 4.79 Å². The first-order valence-electron chi connectivity index (χ1n) is 8.45. The number of benzene rings is 1. The van der Waals surface area contributed by atoms with Crippen LogP contribution < -0.4 is 0 Å². The summed E-state index contributed by atoms with van der Waals surface area (Å²) in [6.45, 7) is 0.701. The Morgan fingerprint density at radius 3 is 3.12 bits per heavy atom. The maximum absolute atomic E-state index is 12.9. The van der Waals surface area contributed by atoms with E-state index in [9.17, 15) is 9.90 Å². The van der Waals surface area contributed by atoms with Gasteiger partial charge >= 0.3 is 0 Å². The molecule has 3 heterocycles. The fourth-order valence-electron chi connectivity index (χ4n) is 3.54. The molecule has 4 rings (SSSR count). The maximum atomic E-state index is 12.9. The summed E-state index contributed by atoms with van der Waals surface area (Å²) >= 11 is 0. The van der Waals surface area contributed by atoms with Crippen molar-refractivity contribution in [3.8, 4) is 0 Å². The third kappa shape index (κ3) is 2.91. The number of aryl methyl sites for hydroxylation is 1. The third-order valence-corrected chi connectivity index (χ3v) is 4.86. The standard InChI is InChI=1S/C18H20N4O3/c1-21-15-7-6-12(10-14(15)19-20-21)18(24)22-8-2-4-13(22)11-16(23)17-5-3-9-25-17/h3,5-7,9-10,13,16,23H,2,4,8,11H2,1H3. The van der Waals surface area contributed by atoms with E-state index in [1.54, 1.807) is 29.1 Å². The number of rotatable bonds is 4. The van der Waals surface area contributed by atoms with Crippen LogP contribution in [0.4, 0.5) is 0 Å². The van der Waals surface area contributed by atoms with Crippen LogP contribution in [0.15, 0.2) is 41.0 Å². The molecule has 3 aromatic rings. The molecular weight excluding hydrogens is 320 g/mol. The molecule has 1 aromatic carbocycles. The highest BCUT2D eigenvalue weighted by atomic mass is 16.4. The Morgan fingerprint density at radius 2 is 2.32 bits per heavy atom. The van der Waals surface area contributed by atoms with Gasteiger partial charge in [0.05, 0.1) is 11.8 Å². The van der Waals surface area contributed by atoms with Gasteiger partial charge in [0.15, 0.2) is 0 Å². The van der Waals surface area contributed by atoms with Gasteiger partial charge in [-0.2, -0.15) is 0 Å². The number of carbonyl (C=O) groups excluding carboxylic acids is 1. The second-order valence-electron chi connectivity index (χ2n) is 6.48. The van der Waals surface area contributed by atoms with Gasteiger partial charge in [0.1, 0.15) is 17.4 Å². The zero-order valence-electron chi connectivity index (χ0n) is 14.0. The number of hydrogen-bond donors (Lipinski definition) is 1. The van der Waals surface area contributed by atoms with Crippen molar-refractivity contribution in [2.45, 2.75) is 31.4 Å². The van der Waals surface area contributed by atoms with E-state index < -0.39 is 6.10 Å². The number of carbonyl (C=O) groups is 1. The molecule has 1 N–H and O–H groups in total. The molecule has 25 heavy (non-hydrogen) atoms. The molecule has 1 aliphatic rings. The van der Waals surface area contributed by atoms with Gasteiger partial charge < -0.3 is 14.4 Å². The summed E-state index contributed by atoms with van der Waals surface area (Å²) in [7, 11) is 1.82. The lowest BCUT2D eigenvalue weighted by molar-refractivity contribution is 0.0641. The molecule has 2 atom stereocenters. The molecule has 0 spiro atoms. The van der Waals surface area contributed by atoms with Crippen molar-refractivity contribution in [1.29, 1.82) is 0 Å². The summed E-state index contributed by atoms with van der Waals surface area (Å²) in [6, 6.07) is 8.98. The number of fused-ring (bicyclic) bond motifs is 1. The lowest BCUT2D eigenvalue weighted by Gasteiger charge is -2.26. The van der Waals surface area contributed by atoms with Gasteiger partial charge in [0.2, 0.25) is 0 Å².